The van der Waals surface area contributed by atoms with E-state index in [1.807, 2.05) is 0 Å². The fourth-order valence-corrected chi connectivity index (χ4v) is 3.94. The second kappa shape index (κ2) is 7.33. The molecule has 5 rings (SSSR count). The van der Waals surface area contributed by atoms with Gasteiger partial charge in [0.1, 0.15) is 0 Å². The topological polar surface area (TPSA) is 0 Å². The molecule has 0 heterocycles. The predicted molar refractivity (Wildman–Crippen MR) is 112 cm³/mol. The second-order valence-corrected chi connectivity index (χ2v) is 7.76. The van der Waals surface area contributed by atoms with Gasteiger partial charge in [0, 0.05) is 0 Å². The van der Waals surface area contributed by atoms with Crippen LogP contribution in [0.15, 0.2) is 69.6 Å². The third-order valence-electron chi connectivity index (χ3n) is 4.55. The molecule has 5 aromatic rings. The van der Waals surface area contributed by atoms with E-state index >= 15 is 0 Å². The van der Waals surface area contributed by atoms with Gasteiger partial charge in [-0.15, -0.1) is 0 Å². The van der Waals surface area contributed by atoms with Crippen LogP contribution in [0.1, 0.15) is 0 Å². The van der Waals surface area contributed by atoms with E-state index in [-0.39, 0.29) is 0 Å². The summed E-state index contributed by atoms with van der Waals surface area (Å²) in [6, 6.07) is 21.9. The third kappa shape index (κ3) is 3.05. The Morgan fingerprint density at radius 3 is 0.929 bits per heavy atom. The highest BCUT2D eigenvalue weighted by Crippen LogP contribution is 2.34. The van der Waals surface area contributed by atoms with Crippen LogP contribution in [-0.2, 0) is 0 Å². The van der Waals surface area contributed by atoms with Crippen LogP contribution in [0.4, 0.5) is 17.6 Å². The van der Waals surface area contributed by atoms with Gasteiger partial charge < -0.3 is 0 Å². The first-order valence-electron chi connectivity index (χ1n) is 8.19. The molecule has 0 spiro atoms. The molecule has 0 nitrogen and oxygen atoms in total. The van der Waals surface area contributed by atoms with Crippen LogP contribution in [0.5, 0.6) is 0 Å². The molecule has 0 aromatic heterocycles. The lowest BCUT2D eigenvalue weighted by molar-refractivity contribution is 0.439. The summed E-state index contributed by atoms with van der Waals surface area (Å²) in [4.78, 5) is 0. The average molecular weight is 510 g/mol. The van der Waals surface area contributed by atoms with E-state index in [4.69, 9.17) is 0 Å². The number of rotatable bonds is 0. The fourth-order valence-electron chi connectivity index (χ4n) is 3.25. The first kappa shape index (κ1) is 19.2. The van der Waals surface area contributed by atoms with Gasteiger partial charge in [0.15, 0.2) is 23.3 Å². The van der Waals surface area contributed by atoms with Crippen molar-refractivity contribution in [2.45, 2.75) is 0 Å². The van der Waals surface area contributed by atoms with Crippen LogP contribution in [0.25, 0.3) is 32.3 Å². The molecule has 0 unspecified atom stereocenters. The van der Waals surface area contributed by atoms with E-state index in [1.54, 1.807) is 0 Å². The minimum absolute atomic E-state index is 0.847. The van der Waals surface area contributed by atoms with Gasteiger partial charge >= 0.3 is 0 Å². The van der Waals surface area contributed by atoms with Crippen molar-refractivity contribution in [1.82, 2.24) is 0 Å². The smallest absolute Gasteiger partial charge is 0.177 e. The van der Waals surface area contributed by atoms with Crippen LogP contribution in [-0.4, -0.2) is 0 Å². The molecule has 0 bridgehead atoms. The highest BCUT2D eigenvalue weighted by Gasteiger charge is 2.22. The van der Waals surface area contributed by atoms with Crippen molar-refractivity contribution in [2.75, 3.05) is 0 Å². The SMILES string of the molecule is Fc1c(F)c(Br)c(F)c(F)c1Br.c1cc2ccc3cccc4ccc(c1)c2c34. The Morgan fingerprint density at radius 2 is 0.679 bits per heavy atom. The van der Waals surface area contributed by atoms with Crippen molar-refractivity contribution in [3.8, 4) is 0 Å². The largest absolute Gasteiger partial charge is 0.202 e. The van der Waals surface area contributed by atoms with Crippen molar-refractivity contribution in [3.05, 3.63) is 92.9 Å². The molecule has 28 heavy (non-hydrogen) atoms. The molecular weight excluding hydrogens is 500 g/mol. The van der Waals surface area contributed by atoms with Gasteiger partial charge in [-0.1, -0.05) is 60.7 Å². The van der Waals surface area contributed by atoms with Gasteiger partial charge in [0.05, 0.1) is 8.95 Å². The van der Waals surface area contributed by atoms with Gasteiger partial charge in [0.2, 0.25) is 0 Å². The van der Waals surface area contributed by atoms with Crippen LogP contribution in [0, 0.1) is 23.3 Å². The molecule has 0 aliphatic heterocycles. The Hall–Kier alpha value is -2.18. The molecule has 0 N–H and O–H groups in total. The van der Waals surface area contributed by atoms with Crippen molar-refractivity contribution in [3.63, 3.8) is 0 Å². The lowest BCUT2D eigenvalue weighted by atomic mass is 9.95. The van der Waals surface area contributed by atoms with E-state index in [0.29, 0.717) is 0 Å². The maximum atomic E-state index is 12.6. The maximum absolute atomic E-state index is 12.6. The molecule has 0 atom stereocenters. The van der Waals surface area contributed by atoms with E-state index in [2.05, 4.69) is 92.5 Å². The highest BCUT2D eigenvalue weighted by molar-refractivity contribution is 9.11. The zero-order valence-corrected chi connectivity index (χ0v) is 17.2. The minimum atomic E-state index is -1.46. The molecule has 0 aliphatic carbocycles. The van der Waals surface area contributed by atoms with E-state index < -0.39 is 32.2 Å². The molecule has 0 saturated carbocycles. The second-order valence-electron chi connectivity index (χ2n) is 6.17. The average Bonchev–Trinajstić information content (AvgIpc) is 2.74. The predicted octanol–water partition coefficient (Wildman–Crippen LogP) is 8.35. The summed E-state index contributed by atoms with van der Waals surface area (Å²) >= 11 is 4.73. The molecule has 5 aromatic carbocycles. The van der Waals surface area contributed by atoms with E-state index in [9.17, 15) is 17.6 Å². The number of hydrogen-bond acceptors (Lipinski definition) is 0. The summed E-state index contributed by atoms with van der Waals surface area (Å²) in [5.74, 6) is -5.83. The Kier molecular flexibility index (Phi) is 5.02. The maximum Gasteiger partial charge on any atom is 0.177 e. The summed E-state index contributed by atoms with van der Waals surface area (Å²) in [7, 11) is 0. The van der Waals surface area contributed by atoms with Gasteiger partial charge in [-0.2, -0.15) is 0 Å². The van der Waals surface area contributed by atoms with Crippen molar-refractivity contribution >= 4 is 64.2 Å². The van der Waals surface area contributed by atoms with Crippen LogP contribution in [0.3, 0.4) is 0 Å². The summed E-state index contributed by atoms with van der Waals surface area (Å²) in [5.41, 5.74) is 0. The third-order valence-corrected chi connectivity index (χ3v) is 5.94. The molecule has 6 heteroatoms. The number of benzene rings is 5. The van der Waals surface area contributed by atoms with Crippen LogP contribution < -0.4 is 0 Å². The Bertz CT molecular complexity index is 1100. The lowest BCUT2D eigenvalue weighted by Crippen LogP contribution is -1.97. The summed E-state index contributed by atoms with van der Waals surface area (Å²) < 4.78 is 48.6. The standard InChI is InChI=1S/C16H10.C6Br2F4/c1-3-11-7-9-13-5-2-6-14-10-8-12(4-1)15(11)16(13)14;7-1-3(9)5(11)2(8)6(12)4(1)10/h1-10H;. The number of hydrogen-bond donors (Lipinski definition) is 0. The molecule has 0 fully saturated rings. The lowest BCUT2D eigenvalue weighted by Gasteiger charge is -2.09. The first-order chi connectivity index (χ1) is 13.4. The molecule has 140 valence electrons. The van der Waals surface area contributed by atoms with Gasteiger partial charge in [0.25, 0.3) is 0 Å². The first-order valence-corrected chi connectivity index (χ1v) is 9.78. The normalized spacial score (nSPS) is 11.2. The summed E-state index contributed by atoms with van der Waals surface area (Å²) in [6.07, 6.45) is 0. The molecular formula is C22H10Br2F4. The summed E-state index contributed by atoms with van der Waals surface area (Å²) in [6.45, 7) is 0. The molecule has 0 saturated heterocycles. The number of halogens is 6. The van der Waals surface area contributed by atoms with Crippen molar-refractivity contribution in [2.24, 2.45) is 0 Å². The van der Waals surface area contributed by atoms with Crippen molar-refractivity contribution < 1.29 is 17.6 Å². The quantitative estimate of drug-likeness (QED) is 0.0851. The van der Waals surface area contributed by atoms with Crippen LogP contribution in [0.2, 0.25) is 0 Å². The molecule has 0 aliphatic rings. The summed E-state index contributed by atoms with van der Waals surface area (Å²) in [5, 5.41) is 8.14. The Balaban J connectivity index is 0.000000145. The minimum Gasteiger partial charge on any atom is -0.202 e. The van der Waals surface area contributed by atoms with Crippen LogP contribution >= 0.6 is 31.9 Å². The zero-order valence-electron chi connectivity index (χ0n) is 14.0. The monoisotopic (exact) mass is 508 g/mol. The van der Waals surface area contributed by atoms with E-state index in [0.717, 1.165) is 0 Å². The fraction of sp³-hybridized carbons (Fsp3) is 0. The molecule has 0 radical (unpaired) electrons. The molecule has 0 amide bonds. The van der Waals surface area contributed by atoms with Gasteiger partial charge in [-0.3, -0.25) is 0 Å². The Labute approximate surface area is 174 Å². The Morgan fingerprint density at radius 1 is 0.429 bits per heavy atom. The van der Waals surface area contributed by atoms with Gasteiger partial charge in [-0.25, -0.2) is 17.6 Å². The van der Waals surface area contributed by atoms with Gasteiger partial charge in [-0.05, 0) is 64.2 Å². The van der Waals surface area contributed by atoms with E-state index in [1.165, 1.54) is 32.3 Å². The van der Waals surface area contributed by atoms with Crippen molar-refractivity contribution in [1.29, 1.82) is 0 Å². The zero-order chi connectivity index (χ0) is 20.0. The highest BCUT2D eigenvalue weighted by atomic mass is 79.9.